The number of thiophene rings is 2. The number of amides is 3. The van der Waals surface area contributed by atoms with Gasteiger partial charge in [-0.25, -0.2) is 0 Å². The monoisotopic (exact) mass is 468 g/mol. The highest BCUT2D eigenvalue weighted by Gasteiger charge is 2.22. The Morgan fingerprint density at radius 3 is 1.94 bits per heavy atom. The van der Waals surface area contributed by atoms with Crippen LogP contribution in [0.5, 0.6) is 0 Å². The molecular weight excluding hydrogens is 444 g/mol. The van der Waals surface area contributed by atoms with Crippen LogP contribution >= 0.6 is 22.7 Å². The Kier molecular flexibility index (Phi) is 7.31. The predicted molar refractivity (Wildman–Crippen MR) is 129 cm³/mol. The summed E-state index contributed by atoms with van der Waals surface area (Å²) in [6.07, 6.45) is 1.64. The van der Waals surface area contributed by atoms with Gasteiger partial charge in [-0.1, -0.05) is 12.1 Å². The number of hydrogen-bond acceptors (Lipinski definition) is 6. The van der Waals surface area contributed by atoms with Crippen LogP contribution in [0.4, 0.5) is 11.4 Å². The Morgan fingerprint density at radius 2 is 1.38 bits per heavy atom. The quantitative estimate of drug-likeness (QED) is 0.491. The van der Waals surface area contributed by atoms with E-state index in [0.29, 0.717) is 22.8 Å². The van der Waals surface area contributed by atoms with Crippen LogP contribution in [0.3, 0.4) is 0 Å². The Labute approximate surface area is 194 Å². The number of rotatable bonds is 7. The predicted octanol–water partition coefficient (Wildman–Crippen LogP) is 3.89. The van der Waals surface area contributed by atoms with Gasteiger partial charge >= 0.3 is 0 Å². The standard InChI is InChI=1S/C23H24N4O3S2/c28-21(15-27-11-9-18(10-12-27)26-23(30)20-4-2-14-32-20)24-16-5-7-17(8-6-16)25-22(29)19-3-1-13-31-19/h1-8,13-14,18H,9-12,15H2,(H,24,28)(H,25,29)(H,26,30). The van der Waals surface area contributed by atoms with Crippen LogP contribution in [-0.4, -0.2) is 48.3 Å². The highest BCUT2D eigenvalue weighted by atomic mass is 32.1. The second-order valence-corrected chi connectivity index (χ2v) is 9.45. The van der Waals surface area contributed by atoms with Gasteiger partial charge in [0, 0.05) is 30.5 Å². The molecule has 1 saturated heterocycles. The summed E-state index contributed by atoms with van der Waals surface area (Å²) < 4.78 is 0. The second kappa shape index (κ2) is 10.5. The zero-order valence-corrected chi connectivity index (χ0v) is 19.0. The minimum atomic E-state index is -0.147. The van der Waals surface area contributed by atoms with Crippen molar-refractivity contribution in [1.29, 1.82) is 0 Å². The maximum Gasteiger partial charge on any atom is 0.265 e. The number of nitrogens with zero attached hydrogens (tertiary/aromatic N) is 1. The summed E-state index contributed by atoms with van der Waals surface area (Å²) in [4.78, 5) is 40.2. The van der Waals surface area contributed by atoms with Gasteiger partial charge in [0.25, 0.3) is 11.8 Å². The molecule has 1 aliphatic rings. The summed E-state index contributed by atoms with van der Waals surface area (Å²) in [5, 5.41) is 12.6. The molecule has 0 saturated carbocycles. The summed E-state index contributed by atoms with van der Waals surface area (Å²) in [7, 11) is 0. The second-order valence-electron chi connectivity index (χ2n) is 7.56. The summed E-state index contributed by atoms with van der Waals surface area (Å²) >= 11 is 2.82. The third-order valence-corrected chi connectivity index (χ3v) is 6.94. The van der Waals surface area contributed by atoms with E-state index in [1.807, 2.05) is 29.0 Å². The van der Waals surface area contributed by atoms with Gasteiger partial charge in [-0.3, -0.25) is 19.3 Å². The SMILES string of the molecule is O=C(CN1CCC(NC(=O)c2cccs2)CC1)Nc1ccc(NC(=O)c2cccs2)cc1. The Hall–Kier alpha value is -3.01. The van der Waals surface area contributed by atoms with Crippen molar-refractivity contribution in [2.75, 3.05) is 30.3 Å². The van der Waals surface area contributed by atoms with Gasteiger partial charge in [-0.2, -0.15) is 0 Å². The number of carbonyl (C=O) groups excluding carboxylic acids is 3. The molecular formula is C23H24N4O3S2. The minimum absolute atomic E-state index is 0.0220. The van der Waals surface area contributed by atoms with Crippen LogP contribution in [0.2, 0.25) is 0 Å². The smallest absolute Gasteiger partial charge is 0.265 e. The summed E-state index contributed by atoms with van der Waals surface area (Å²) in [6.45, 7) is 1.83. The number of carbonyl (C=O) groups is 3. The molecule has 0 aliphatic carbocycles. The average Bonchev–Trinajstić information content (AvgIpc) is 3.51. The number of anilines is 2. The fourth-order valence-electron chi connectivity index (χ4n) is 3.54. The molecule has 166 valence electrons. The molecule has 9 heteroatoms. The largest absolute Gasteiger partial charge is 0.349 e. The van der Waals surface area contributed by atoms with Crippen LogP contribution < -0.4 is 16.0 Å². The molecule has 3 amide bonds. The molecule has 3 heterocycles. The Balaban J connectivity index is 1.19. The lowest BCUT2D eigenvalue weighted by Gasteiger charge is -2.31. The van der Waals surface area contributed by atoms with E-state index in [9.17, 15) is 14.4 Å². The molecule has 3 aromatic rings. The van der Waals surface area contributed by atoms with Gasteiger partial charge in [-0.05, 0) is 60.0 Å². The van der Waals surface area contributed by atoms with E-state index >= 15 is 0 Å². The molecule has 1 aliphatic heterocycles. The molecule has 1 aromatic carbocycles. The first-order valence-electron chi connectivity index (χ1n) is 10.4. The van der Waals surface area contributed by atoms with Crippen molar-refractivity contribution in [1.82, 2.24) is 10.2 Å². The van der Waals surface area contributed by atoms with Crippen LogP contribution in [0.1, 0.15) is 32.2 Å². The van der Waals surface area contributed by atoms with Crippen molar-refractivity contribution in [3.8, 4) is 0 Å². The van der Waals surface area contributed by atoms with E-state index in [4.69, 9.17) is 0 Å². The fraction of sp³-hybridized carbons (Fsp3) is 0.261. The molecule has 0 atom stereocenters. The van der Waals surface area contributed by atoms with Gasteiger partial charge in [0.2, 0.25) is 5.91 Å². The number of nitrogens with one attached hydrogen (secondary N) is 3. The van der Waals surface area contributed by atoms with Gasteiger partial charge in [0.05, 0.1) is 16.3 Å². The van der Waals surface area contributed by atoms with Crippen molar-refractivity contribution in [2.24, 2.45) is 0 Å². The molecule has 3 N–H and O–H groups in total. The molecule has 4 rings (SSSR count). The summed E-state index contributed by atoms with van der Waals surface area (Å²) in [5.41, 5.74) is 1.36. The molecule has 0 bridgehead atoms. The van der Waals surface area contributed by atoms with Crippen molar-refractivity contribution >= 4 is 51.8 Å². The number of likely N-dealkylation sites (tertiary alicyclic amines) is 1. The minimum Gasteiger partial charge on any atom is -0.349 e. The van der Waals surface area contributed by atoms with Crippen LogP contribution in [-0.2, 0) is 4.79 Å². The summed E-state index contributed by atoms with van der Waals surface area (Å²) in [5.74, 6) is -0.251. The molecule has 0 spiro atoms. The third kappa shape index (κ3) is 6.03. The number of piperidine rings is 1. The number of benzene rings is 1. The fourth-order valence-corrected chi connectivity index (χ4v) is 4.79. The van der Waals surface area contributed by atoms with Crippen molar-refractivity contribution in [3.05, 3.63) is 69.0 Å². The highest BCUT2D eigenvalue weighted by Crippen LogP contribution is 2.17. The highest BCUT2D eigenvalue weighted by molar-refractivity contribution is 7.12. The molecule has 0 radical (unpaired) electrons. The van der Waals surface area contributed by atoms with E-state index in [0.717, 1.165) is 30.8 Å². The maximum absolute atomic E-state index is 12.4. The normalized spacial score (nSPS) is 14.6. The van der Waals surface area contributed by atoms with E-state index in [-0.39, 0.29) is 23.8 Å². The van der Waals surface area contributed by atoms with E-state index in [2.05, 4.69) is 20.9 Å². The maximum atomic E-state index is 12.4. The van der Waals surface area contributed by atoms with Crippen molar-refractivity contribution in [3.63, 3.8) is 0 Å². The van der Waals surface area contributed by atoms with Gasteiger partial charge < -0.3 is 16.0 Å². The van der Waals surface area contributed by atoms with Gasteiger partial charge in [-0.15, -0.1) is 22.7 Å². The lowest BCUT2D eigenvalue weighted by molar-refractivity contribution is -0.117. The van der Waals surface area contributed by atoms with Gasteiger partial charge in [0.1, 0.15) is 0 Å². The van der Waals surface area contributed by atoms with Crippen LogP contribution in [0, 0.1) is 0 Å². The molecule has 7 nitrogen and oxygen atoms in total. The first-order chi connectivity index (χ1) is 15.6. The van der Waals surface area contributed by atoms with Gasteiger partial charge in [0.15, 0.2) is 0 Å². The first kappa shape index (κ1) is 22.2. The lowest BCUT2D eigenvalue weighted by atomic mass is 10.0. The zero-order valence-electron chi connectivity index (χ0n) is 17.4. The summed E-state index contributed by atoms with van der Waals surface area (Å²) in [6, 6.07) is 14.5. The molecule has 32 heavy (non-hydrogen) atoms. The van der Waals surface area contributed by atoms with Crippen LogP contribution in [0.15, 0.2) is 59.3 Å². The Morgan fingerprint density at radius 1 is 0.812 bits per heavy atom. The lowest BCUT2D eigenvalue weighted by Crippen LogP contribution is -2.46. The van der Waals surface area contributed by atoms with Crippen molar-refractivity contribution < 1.29 is 14.4 Å². The number of hydrogen-bond donors (Lipinski definition) is 3. The molecule has 1 fully saturated rings. The molecule has 2 aromatic heterocycles. The van der Waals surface area contributed by atoms with E-state index in [1.54, 1.807) is 30.3 Å². The van der Waals surface area contributed by atoms with Crippen LogP contribution in [0.25, 0.3) is 0 Å². The average molecular weight is 469 g/mol. The topological polar surface area (TPSA) is 90.5 Å². The first-order valence-corrected chi connectivity index (χ1v) is 12.1. The third-order valence-electron chi connectivity index (χ3n) is 5.21. The van der Waals surface area contributed by atoms with E-state index in [1.165, 1.54) is 22.7 Å². The van der Waals surface area contributed by atoms with Crippen molar-refractivity contribution in [2.45, 2.75) is 18.9 Å². The molecule has 0 unspecified atom stereocenters. The van der Waals surface area contributed by atoms with E-state index < -0.39 is 0 Å². The zero-order chi connectivity index (χ0) is 22.3. The Bertz CT molecular complexity index is 1040.